The Hall–Kier alpha value is -1.21. The maximum Gasteiger partial charge on any atom is 0.105 e. The molecule has 86 valence electrons. The number of hydrogen-bond acceptors (Lipinski definition) is 3. The molecule has 0 bridgehead atoms. The molecular weight excluding hydrogens is 275 g/mol. The summed E-state index contributed by atoms with van der Waals surface area (Å²) in [7, 11) is 0. The van der Waals surface area contributed by atoms with Crippen LogP contribution in [0.2, 0.25) is 10.0 Å². The Morgan fingerprint density at radius 2 is 2.06 bits per heavy atom. The van der Waals surface area contributed by atoms with Crippen molar-refractivity contribution in [1.29, 1.82) is 5.26 Å². The molecule has 2 aromatic rings. The molecule has 0 aliphatic rings. The first-order valence-corrected chi connectivity index (χ1v) is 6.36. The first-order chi connectivity index (χ1) is 8.04. The van der Waals surface area contributed by atoms with E-state index in [2.05, 4.69) is 6.07 Å². The van der Waals surface area contributed by atoms with E-state index in [0.717, 1.165) is 16.0 Å². The minimum atomic E-state index is 0.483. The minimum Gasteiger partial charge on any atom is -0.389 e. The Morgan fingerprint density at radius 3 is 2.65 bits per heavy atom. The smallest absolute Gasteiger partial charge is 0.105 e. The number of aryl methyl sites for hydroxylation is 1. The van der Waals surface area contributed by atoms with Crippen molar-refractivity contribution in [3.05, 3.63) is 38.7 Å². The van der Waals surface area contributed by atoms with Gasteiger partial charge in [-0.3, -0.25) is 0 Å². The van der Waals surface area contributed by atoms with Crippen molar-refractivity contribution < 1.29 is 0 Å². The highest BCUT2D eigenvalue weighted by Gasteiger charge is 2.17. The third-order valence-corrected chi connectivity index (χ3v) is 3.91. The lowest BCUT2D eigenvalue weighted by molar-refractivity contribution is 1.49. The van der Waals surface area contributed by atoms with Crippen LogP contribution in [0.1, 0.15) is 10.4 Å². The molecular formula is C12H8Cl2N2S. The van der Waals surface area contributed by atoms with E-state index in [1.165, 1.54) is 11.3 Å². The fourth-order valence-corrected chi connectivity index (χ4v) is 3.09. The highest BCUT2D eigenvalue weighted by atomic mass is 35.5. The van der Waals surface area contributed by atoms with Crippen molar-refractivity contribution in [3.63, 3.8) is 0 Å². The molecule has 0 spiro atoms. The summed E-state index contributed by atoms with van der Waals surface area (Å²) < 4.78 is 0. The van der Waals surface area contributed by atoms with Gasteiger partial charge >= 0.3 is 0 Å². The first-order valence-electron chi connectivity index (χ1n) is 4.79. The molecule has 0 amide bonds. The lowest BCUT2D eigenvalue weighted by Gasteiger charge is -2.05. The van der Waals surface area contributed by atoms with Gasteiger partial charge in [0.1, 0.15) is 11.1 Å². The SMILES string of the molecule is Cc1sc(N)c(C#N)c1-c1ccc(Cl)cc1Cl. The van der Waals surface area contributed by atoms with E-state index in [4.69, 9.17) is 34.2 Å². The normalized spacial score (nSPS) is 10.2. The van der Waals surface area contributed by atoms with E-state index in [1.807, 2.05) is 6.92 Å². The summed E-state index contributed by atoms with van der Waals surface area (Å²) >= 11 is 13.4. The van der Waals surface area contributed by atoms with Crippen LogP contribution in [0.15, 0.2) is 18.2 Å². The number of anilines is 1. The Kier molecular flexibility index (Phi) is 3.30. The molecule has 0 radical (unpaired) electrons. The molecule has 2 N–H and O–H groups in total. The van der Waals surface area contributed by atoms with Crippen LogP contribution in [-0.2, 0) is 0 Å². The third kappa shape index (κ3) is 2.12. The van der Waals surface area contributed by atoms with E-state index >= 15 is 0 Å². The van der Waals surface area contributed by atoms with Gasteiger partial charge in [-0.15, -0.1) is 11.3 Å². The van der Waals surface area contributed by atoms with Crippen LogP contribution in [0, 0.1) is 18.3 Å². The average Bonchev–Trinajstić information content (AvgIpc) is 2.53. The Balaban J connectivity index is 2.73. The molecule has 0 unspecified atom stereocenters. The maximum atomic E-state index is 9.13. The molecule has 0 aliphatic heterocycles. The summed E-state index contributed by atoms with van der Waals surface area (Å²) in [4.78, 5) is 0.975. The van der Waals surface area contributed by atoms with Crippen molar-refractivity contribution >= 4 is 39.5 Å². The average molecular weight is 283 g/mol. The largest absolute Gasteiger partial charge is 0.389 e. The molecule has 1 aromatic heterocycles. The van der Waals surface area contributed by atoms with E-state index in [0.29, 0.717) is 20.6 Å². The van der Waals surface area contributed by atoms with Crippen LogP contribution < -0.4 is 5.73 Å². The summed E-state index contributed by atoms with van der Waals surface area (Å²) in [6.45, 7) is 1.92. The molecule has 17 heavy (non-hydrogen) atoms. The van der Waals surface area contributed by atoms with Gasteiger partial charge in [-0.25, -0.2) is 0 Å². The number of halogens is 2. The molecule has 1 aromatic carbocycles. The van der Waals surface area contributed by atoms with Gasteiger partial charge in [0.2, 0.25) is 0 Å². The molecule has 2 nitrogen and oxygen atoms in total. The van der Waals surface area contributed by atoms with Crippen LogP contribution in [0.4, 0.5) is 5.00 Å². The van der Waals surface area contributed by atoms with Crippen molar-refractivity contribution in [2.45, 2.75) is 6.92 Å². The molecule has 5 heteroatoms. The monoisotopic (exact) mass is 282 g/mol. The van der Waals surface area contributed by atoms with Crippen LogP contribution in [0.5, 0.6) is 0 Å². The lowest BCUT2D eigenvalue weighted by Crippen LogP contribution is -1.87. The summed E-state index contributed by atoms with van der Waals surface area (Å²) in [6, 6.07) is 7.33. The van der Waals surface area contributed by atoms with Crippen LogP contribution >= 0.6 is 34.5 Å². The summed E-state index contributed by atoms with van der Waals surface area (Å²) in [5, 5.41) is 10.7. The number of benzene rings is 1. The maximum absolute atomic E-state index is 9.13. The van der Waals surface area contributed by atoms with Gasteiger partial charge in [0.05, 0.1) is 5.56 Å². The van der Waals surface area contributed by atoms with Crippen LogP contribution in [0.3, 0.4) is 0 Å². The molecule has 0 saturated heterocycles. The summed E-state index contributed by atoms with van der Waals surface area (Å²) in [6.07, 6.45) is 0. The lowest BCUT2D eigenvalue weighted by atomic mass is 10.0. The number of nitrogens with zero attached hydrogens (tertiary/aromatic N) is 1. The van der Waals surface area contributed by atoms with Gasteiger partial charge in [-0.1, -0.05) is 29.3 Å². The van der Waals surface area contributed by atoms with Crippen molar-refractivity contribution in [2.75, 3.05) is 5.73 Å². The zero-order chi connectivity index (χ0) is 12.6. The van der Waals surface area contributed by atoms with Gasteiger partial charge in [-0.05, 0) is 19.1 Å². The van der Waals surface area contributed by atoms with E-state index in [-0.39, 0.29) is 0 Å². The predicted molar refractivity (Wildman–Crippen MR) is 73.6 cm³/mol. The Bertz CT molecular complexity index is 626. The Labute approximate surface area is 113 Å². The van der Waals surface area contributed by atoms with E-state index < -0.39 is 0 Å². The highest BCUT2D eigenvalue weighted by Crippen LogP contribution is 2.41. The number of nitrogen functional groups attached to an aromatic ring is 1. The molecule has 0 aliphatic carbocycles. The van der Waals surface area contributed by atoms with Crippen LogP contribution in [0.25, 0.3) is 11.1 Å². The quantitative estimate of drug-likeness (QED) is 0.838. The standard InChI is InChI=1S/C12H8Cl2N2S/c1-6-11(9(5-15)12(16)17-6)8-3-2-7(13)4-10(8)14/h2-4H,16H2,1H3. The molecule has 0 saturated carbocycles. The van der Waals surface area contributed by atoms with Gasteiger partial charge in [0.15, 0.2) is 0 Å². The minimum absolute atomic E-state index is 0.483. The number of thiophene rings is 1. The Morgan fingerprint density at radius 1 is 1.35 bits per heavy atom. The zero-order valence-electron chi connectivity index (χ0n) is 8.92. The van der Waals surface area contributed by atoms with Crippen molar-refractivity contribution in [1.82, 2.24) is 0 Å². The van der Waals surface area contributed by atoms with Crippen molar-refractivity contribution in [3.8, 4) is 17.2 Å². The van der Waals surface area contributed by atoms with Gasteiger partial charge in [-0.2, -0.15) is 5.26 Å². The molecule has 0 fully saturated rings. The summed E-state index contributed by atoms with van der Waals surface area (Å²) in [5.41, 5.74) is 7.87. The number of nitrogens with two attached hydrogens (primary N) is 1. The van der Waals surface area contributed by atoms with E-state index in [9.17, 15) is 0 Å². The zero-order valence-corrected chi connectivity index (χ0v) is 11.2. The van der Waals surface area contributed by atoms with Crippen molar-refractivity contribution in [2.24, 2.45) is 0 Å². The second-order valence-electron chi connectivity index (χ2n) is 3.51. The molecule has 2 rings (SSSR count). The summed E-state index contributed by atoms with van der Waals surface area (Å²) in [5.74, 6) is 0. The van der Waals surface area contributed by atoms with Gasteiger partial charge < -0.3 is 5.73 Å². The van der Waals surface area contributed by atoms with Gasteiger partial charge in [0.25, 0.3) is 0 Å². The molecule has 0 atom stereocenters. The second kappa shape index (κ2) is 4.58. The third-order valence-electron chi connectivity index (χ3n) is 2.42. The van der Waals surface area contributed by atoms with Crippen LogP contribution in [-0.4, -0.2) is 0 Å². The molecule has 1 heterocycles. The number of rotatable bonds is 1. The predicted octanol–water partition coefficient (Wildman–Crippen LogP) is 4.48. The van der Waals surface area contributed by atoms with Gasteiger partial charge in [0, 0.05) is 26.0 Å². The second-order valence-corrected chi connectivity index (χ2v) is 5.61. The van der Waals surface area contributed by atoms with E-state index in [1.54, 1.807) is 18.2 Å². The fraction of sp³-hybridized carbons (Fsp3) is 0.0833. The first kappa shape index (κ1) is 12.3. The number of hydrogen-bond donors (Lipinski definition) is 1. The highest BCUT2D eigenvalue weighted by molar-refractivity contribution is 7.16. The number of nitriles is 1. The fourth-order valence-electron chi connectivity index (χ4n) is 1.69. The topological polar surface area (TPSA) is 49.8 Å².